The van der Waals surface area contributed by atoms with Gasteiger partial charge in [0.2, 0.25) is 0 Å². The van der Waals surface area contributed by atoms with Gasteiger partial charge in [0.1, 0.15) is 5.69 Å². The van der Waals surface area contributed by atoms with Crippen LogP contribution < -0.4 is 5.32 Å². The molecule has 0 amide bonds. The van der Waals surface area contributed by atoms with Crippen LogP contribution in [0.15, 0.2) is 58.1 Å². The first-order chi connectivity index (χ1) is 14.5. The summed E-state index contributed by atoms with van der Waals surface area (Å²) in [7, 11) is 1.91. The first kappa shape index (κ1) is 20.7. The fraction of sp³-hybridized carbons (Fsp3) is 0.238. The first-order valence-electron chi connectivity index (χ1n) is 9.47. The lowest BCUT2D eigenvalue weighted by atomic mass is 10.1. The Morgan fingerprint density at radius 1 is 1.03 bits per heavy atom. The third kappa shape index (κ3) is 4.44. The van der Waals surface area contributed by atoms with Crippen molar-refractivity contribution in [2.75, 3.05) is 7.05 Å². The van der Waals surface area contributed by atoms with Gasteiger partial charge in [-0.3, -0.25) is 4.98 Å². The molecular formula is C21H22N5O2S2+. The Bertz CT molecular complexity index is 1120. The van der Waals surface area contributed by atoms with Gasteiger partial charge in [-0.15, -0.1) is 21.5 Å². The van der Waals surface area contributed by atoms with E-state index in [1.54, 1.807) is 23.7 Å². The molecule has 4 aromatic rings. The van der Waals surface area contributed by atoms with Crippen molar-refractivity contribution in [1.29, 1.82) is 0 Å². The van der Waals surface area contributed by atoms with Gasteiger partial charge >= 0.3 is 0 Å². The Hall–Kier alpha value is -2.59. The number of nitrogens with one attached hydrogen (secondary N) is 1. The van der Waals surface area contributed by atoms with E-state index in [-0.39, 0.29) is 5.25 Å². The quantitative estimate of drug-likeness (QED) is 0.408. The number of hydrogen-bond acceptors (Lipinski definition) is 8. The summed E-state index contributed by atoms with van der Waals surface area (Å²) in [5, 5.41) is 11.6. The van der Waals surface area contributed by atoms with Crippen molar-refractivity contribution < 1.29 is 8.97 Å². The predicted octanol–water partition coefficient (Wildman–Crippen LogP) is 4.50. The Kier molecular flexibility index (Phi) is 6.24. The fourth-order valence-corrected chi connectivity index (χ4v) is 4.73. The summed E-state index contributed by atoms with van der Waals surface area (Å²) in [4.78, 5) is 12.0. The summed E-state index contributed by atoms with van der Waals surface area (Å²) < 4.78 is 16.1. The molecule has 3 heterocycles. The van der Waals surface area contributed by atoms with Crippen molar-refractivity contribution in [1.82, 2.24) is 25.5 Å². The van der Waals surface area contributed by atoms with Gasteiger partial charge in [0.15, 0.2) is 21.3 Å². The zero-order chi connectivity index (χ0) is 21.1. The molecule has 1 aromatic carbocycles. The van der Waals surface area contributed by atoms with Crippen LogP contribution in [0.2, 0.25) is 0 Å². The van der Waals surface area contributed by atoms with Crippen molar-refractivity contribution in [3.63, 3.8) is 0 Å². The van der Waals surface area contributed by atoms with Crippen molar-refractivity contribution in [3.05, 3.63) is 53.7 Å². The largest absolute Gasteiger partial charge is 0.414 e. The van der Waals surface area contributed by atoms with Crippen molar-refractivity contribution in [2.24, 2.45) is 0 Å². The SMILES string of the molecule is CNCc1ccc(-c2nnc(-c3cncc(-c4ccc([S+](O)C(C)C)cc4)n3)o2)s1. The summed E-state index contributed by atoms with van der Waals surface area (Å²) in [6, 6.07) is 11.8. The van der Waals surface area contributed by atoms with E-state index in [4.69, 9.17) is 4.42 Å². The summed E-state index contributed by atoms with van der Waals surface area (Å²) in [6.45, 7) is 4.80. The summed E-state index contributed by atoms with van der Waals surface area (Å²) in [5.74, 6) is 0.800. The molecule has 0 aliphatic heterocycles. The molecule has 2 N–H and O–H groups in total. The molecular weight excluding hydrogens is 418 g/mol. The van der Waals surface area contributed by atoms with E-state index < -0.39 is 11.2 Å². The van der Waals surface area contributed by atoms with E-state index >= 15 is 0 Å². The lowest BCUT2D eigenvalue weighted by molar-refractivity contribution is 0.583. The van der Waals surface area contributed by atoms with E-state index in [2.05, 4.69) is 25.5 Å². The van der Waals surface area contributed by atoms with Crippen LogP contribution in [0.5, 0.6) is 0 Å². The summed E-state index contributed by atoms with van der Waals surface area (Å²) in [6.07, 6.45) is 3.31. The minimum atomic E-state index is -0.771. The average Bonchev–Trinajstić information content (AvgIpc) is 3.43. The van der Waals surface area contributed by atoms with Crippen molar-refractivity contribution in [2.45, 2.75) is 30.5 Å². The van der Waals surface area contributed by atoms with Gasteiger partial charge in [0.25, 0.3) is 11.8 Å². The number of rotatable bonds is 7. The molecule has 0 fully saturated rings. The second-order valence-electron chi connectivity index (χ2n) is 6.89. The smallest absolute Gasteiger partial charge is 0.268 e. The zero-order valence-electron chi connectivity index (χ0n) is 16.9. The third-order valence-corrected chi connectivity index (χ3v) is 7.06. The highest BCUT2D eigenvalue weighted by Crippen LogP contribution is 2.29. The van der Waals surface area contributed by atoms with E-state index in [1.165, 1.54) is 4.88 Å². The van der Waals surface area contributed by atoms with Crippen molar-refractivity contribution >= 4 is 22.5 Å². The molecule has 9 heteroatoms. The molecule has 3 aromatic heterocycles. The molecule has 4 rings (SSSR count). The molecule has 0 saturated carbocycles. The Balaban J connectivity index is 1.57. The van der Waals surface area contributed by atoms with Gasteiger partial charge in [-0.25, -0.2) is 4.98 Å². The number of benzene rings is 1. The van der Waals surface area contributed by atoms with Crippen LogP contribution in [0, 0.1) is 0 Å². The molecule has 0 aliphatic carbocycles. The summed E-state index contributed by atoms with van der Waals surface area (Å²) in [5.41, 5.74) is 2.13. The van der Waals surface area contributed by atoms with Crippen LogP contribution >= 0.6 is 11.3 Å². The third-order valence-electron chi connectivity index (χ3n) is 4.34. The van der Waals surface area contributed by atoms with Crippen LogP contribution in [0.3, 0.4) is 0 Å². The topological polar surface area (TPSA) is 97.0 Å². The van der Waals surface area contributed by atoms with Crippen molar-refractivity contribution in [3.8, 4) is 33.6 Å². The normalized spacial score (nSPS) is 12.4. The second-order valence-corrected chi connectivity index (χ2v) is 10.1. The Morgan fingerprint density at radius 3 is 2.50 bits per heavy atom. The number of nitrogens with zero attached hydrogens (tertiary/aromatic N) is 4. The Labute approximate surface area is 181 Å². The van der Waals surface area contributed by atoms with E-state index in [1.807, 2.05) is 57.3 Å². The van der Waals surface area contributed by atoms with Crippen LogP contribution in [-0.4, -0.2) is 37.0 Å². The standard InChI is InChI=1S/C21H22N5O2S2/c1-13(2)30(27)16-7-4-14(5-8-16)17-11-23-12-18(24-17)20-25-26-21(28-20)19-9-6-15(29-19)10-22-3/h4-9,11-13,22,27H,10H2,1-3H3/q+1. The fourth-order valence-electron chi connectivity index (χ4n) is 2.83. The molecule has 0 spiro atoms. The molecule has 1 unspecified atom stereocenters. The molecule has 0 radical (unpaired) electrons. The van der Waals surface area contributed by atoms with Gasteiger partial charge in [-0.2, -0.15) is 4.55 Å². The molecule has 0 saturated heterocycles. The van der Waals surface area contributed by atoms with Crippen LogP contribution in [0.1, 0.15) is 18.7 Å². The van der Waals surface area contributed by atoms with Gasteiger partial charge in [-0.05, 0) is 57.3 Å². The van der Waals surface area contributed by atoms with Gasteiger partial charge in [0, 0.05) is 17.0 Å². The highest BCUT2D eigenvalue weighted by atomic mass is 32.2. The molecule has 0 aliphatic rings. The molecule has 30 heavy (non-hydrogen) atoms. The van der Waals surface area contributed by atoms with Gasteiger partial charge in [-0.1, -0.05) is 0 Å². The predicted molar refractivity (Wildman–Crippen MR) is 120 cm³/mol. The maximum atomic E-state index is 10.2. The lowest BCUT2D eigenvalue weighted by Crippen LogP contribution is -2.13. The minimum absolute atomic E-state index is 0.184. The molecule has 1 atom stereocenters. The van der Waals surface area contributed by atoms with E-state index in [9.17, 15) is 4.55 Å². The molecule has 7 nitrogen and oxygen atoms in total. The maximum Gasteiger partial charge on any atom is 0.268 e. The molecule has 154 valence electrons. The molecule has 0 bridgehead atoms. The van der Waals surface area contributed by atoms with Gasteiger partial charge in [0.05, 0.1) is 23.0 Å². The highest BCUT2D eigenvalue weighted by molar-refractivity contribution is 7.92. The van der Waals surface area contributed by atoms with Crippen LogP contribution in [0.4, 0.5) is 0 Å². The average molecular weight is 441 g/mol. The van der Waals surface area contributed by atoms with E-state index in [0.29, 0.717) is 23.2 Å². The number of hydrogen-bond donors (Lipinski definition) is 2. The van der Waals surface area contributed by atoms with Gasteiger partial charge < -0.3 is 9.73 Å². The number of aromatic nitrogens is 4. The van der Waals surface area contributed by atoms with Crippen LogP contribution in [0.25, 0.3) is 33.6 Å². The lowest BCUT2D eigenvalue weighted by Gasteiger charge is -2.05. The highest BCUT2D eigenvalue weighted by Gasteiger charge is 2.24. The van der Waals surface area contributed by atoms with E-state index in [0.717, 1.165) is 21.9 Å². The Morgan fingerprint density at radius 2 is 1.77 bits per heavy atom. The number of thiophene rings is 1. The minimum Gasteiger partial charge on any atom is -0.414 e. The first-order valence-corrected chi connectivity index (χ1v) is 11.5. The maximum absolute atomic E-state index is 10.2. The monoisotopic (exact) mass is 440 g/mol. The van der Waals surface area contributed by atoms with Crippen LogP contribution in [-0.2, 0) is 17.7 Å². The second kappa shape index (κ2) is 9.05. The zero-order valence-corrected chi connectivity index (χ0v) is 18.5. The summed E-state index contributed by atoms with van der Waals surface area (Å²) >= 11 is 0.839.